The molecule has 0 spiro atoms. The molecule has 7 nitrogen and oxygen atoms in total. The number of ether oxygens (including phenoxy) is 1. The molecule has 200 valence electrons. The number of ketones is 1. The molecule has 4 aromatic rings. The first-order chi connectivity index (χ1) is 18.8. The summed E-state index contributed by atoms with van der Waals surface area (Å²) in [6, 6.07) is 34.6. The predicted octanol–water partition coefficient (Wildman–Crippen LogP) is 5.84. The van der Waals surface area contributed by atoms with Gasteiger partial charge in [0, 0.05) is 0 Å². The van der Waals surface area contributed by atoms with E-state index in [1.807, 2.05) is 97.9 Å². The first-order valence-corrected chi connectivity index (χ1v) is 15.1. The molecular formula is C31H31N2O5P. The summed E-state index contributed by atoms with van der Waals surface area (Å²) < 4.78 is 7.70. The monoisotopic (exact) mass is 542 g/mol. The maximum absolute atomic E-state index is 14.4. The second-order valence-electron chi connectivity index (χ2n) is 9.36. The molecule has 1 amide bonds. The van der Waals surface area contributed by atoms with Crippen LogP contribution in [0, 0.1) is 10.1 Å². The standard InChI is InChI=1S/C31H31N2O5P/c1-3-23-32(31(35)38-27-21-19-26(20-22-27)33(36)37)39(24-25(2)34,28-13-7-4-8-14-28,29-15-9-5-10-16-29)30-17-11-6-12-18-30/h4-22H,3,23-24H2,1-2H3. The molecule has 8 heteroatoms. The normalized spacial score (nSPS) is 12.1. The van der Waals surface area contributed by atoms with Crippen molar-refractivity contribution in [3.63, 3.8) is 0 Å². The van der Waals surface area contributed by atoms with Crippen LogP contribution in [0.25, 0.3) is 0 Å². The average molecular weight is 543 g/mol. The Kier molecular flexibility index (Phi) is 8.22. The van der Waals surface area contributed by atoms with E-state index in [0.717, 1.165) is 15.9 Å². The molecule has 0 radical (unpaired) electrons. The third-order valence-electron chi connectivity index (χ3n) is 6.90. The zero-order valence-electron chi connectivity index (χ0n) is 22.0. The number of hydrogen-bond donors (Lipinski definition) is 0. The molecule has 0 aliphatic rings. The van der Waals surface area contributed by atoms with Crippen molar-refractivity contribution in [1.82, 2.24) is 4.67 Å². The molecule has 4 rings (SSSR count). The van der Waals surface area contributed by atoms with Crippen LogP contribution in [0.1, 0.15) is 20.3 Å². The molecule has 0 unspecified atom stereocenters. The second kappa shape index (κ2) is 11.6. The van der Waals surface area contributed by atoms with Crippen LogP contribution in [-0.4, -0.2) is 34.2 Å². The van der Waals surface area contributed by atoms with E-state index < -0.39 is 17.8 Å². The van der Waals surface area contributed by atoms with Crippen molar-refractivity contribution >= 4 is 40.2 Å². The van der Waals surface area contributed by atoms with Gasteiger partial charge in [0.2, 0.25) is 0 Å². The number of nitro groups is 1. The topological polar surface area (TPSA) is 89.8 Å². The Morgan fingerprint density at radius 2 is 1.21 bits per heavy atom. The van der Waals surface area contributed by atoms with Gasteiger partial charge in [-0.3, -0.25) is 0 Å². The SMILES string of the molecule is CCCN(C(=O)Oc1ccc([N+](=O)[O-])cc1)P(CC(C)=O)(c1ccccc1)(c1ccccc1)c1ccccc1. The molecule has 0 heterocycles. The van der Waals surface area contributed by atoms with Crippen LogP contribution < -0.4 is 20.7 Å². The number of benzene rings is 4. The molecule has 0 fully saturated rings. The van der Waals surface area contributed by atoms with Gasteiger partial charge in [-0.15, -0.1) is 0 Å². The number of hydrogen-bond acceptors (Lipinski definition) is 5. The van der Waals surface area contributed by atoms with Crippen LogP contribution in [0.2, 0.25) is 0 Å². The molecule has 0 saturated heterocycles. The molecule has 0 aliphatic carbocycles. The molecule has 0 saturated carbocycles. The zero-order valence-corrected chi connectivity index (χ0v) is 22.9. The van der Waals surface area contributed by atoms with E-state index in [1.54, 1.807) is 11.6 Å². The Morgan fingerprint density at radius 3 is 1.56 bits per heavy atom. The number of carbonyl (C=O) groups excluding carboxylic acids is 2. The van der Waals surface area contributed by atoms with Crippen LogP contribution in [0.15, 0.2) is 115 Å². The molecule has 0 atom stereocenters. The van der Waals surface area contributed by atoms with Gasteiger partial charge in [-0.2, -0.15) is 0 Å². The maximum atomic E-state index is 14.4. The molecule has 0 aliphatic heterocycles. The zero-order chi connectivity index (χ0) is 27.9. The van der Waals surface area contributed by atoms with Gasteiger partial charge in [-0.05, 0) is 0 Å². The Morgan fingerprint density at radius 1 is 0.769 bits per heavy atom. The fraction of sp³-hybridized carbons (Fsp3) is 0.161. The number of nitrogens with zero attached hydrogens (tertiary/aromatic N) is 2. The van der Waals surface area contributed by atoms with Crippen LogP contribution in [0.4, 0.5) is 10.5 Å². The van der Waals surface area contributed by atoms with Crippen LogP contribution in [0.3, 0.4) is 0 Å². The van der Waals surface area contributed by atoms with E-state index in [4.69, 9.17) is 4.74 Å². The summed E-state index contributed by atoms with van der Waals surface area (Å²) in [6.07, 6.45) is 0.0672. The van der Waals surface area contributed by atoms with Gasteiger partial charge in [0.25, 0.3) is 0 Å². The molecular weight excluding hydrogens is 511 g/mol. The molecule has 39 heavy (non-hydrogen) atoms. The third-order valence-corrected chi connectivity index (χ3v) is 13.6. The van der Waals surface area contributed by atoms with Gasteiger partial charge in [-0.25, -0.2) is 0 Å². The second-order valence-corrected chi connectivity index (χ2v) is 14.2. The number of nitro benzene ring substituents is 1. The van der Waals surface area contributed by atoms with Crippen molar-refractivity contribution in [2.24, 2.45) is 0 Å². The number of non-ortho nitro benzene ring substituents is 1. The van der Waals surface area contributed by atoms with Crippen LogP contribution in [0.5, 0.6) is 5.75 Å². The van der Waals surface area contributed by atoms with Gasteiger partial charge in [0.1, 0.15) is 0 Å². The summed E-state index contributed by atoms with van der Waals surface area (Å²) >= 11 is 0. The summed E-state index contributed by atoms with van der Waals surface area (Å²) in [4.78, 5) is 38.4. The summed E-state index contributed by atoms with van der Waals surface area (Å²) in [7, 11) is 0. The Hall–Kier alpha value is -4.35. The minimum absolute atomic E-state index is 0.0616. The fourth-order valence-corrected chi connectivity index (χ4v) is 12.2. The van der Waals surface area contributed by atoms with Crippen molar-refractivity contribution in [3.8, 4) is 5.75 Å². The number of carbonyl (C=O) groups is 2. The summed E-state index contributed by atoms with van der Waals surface area (Å²) in [5.74, 6) is 0.119. The van der Waals surface area contributed by atoms with Gasteiger partial charge in [0.05, 0.1) is 0 Å². The van der Waals surface area contributed by atoms with Gasteiger partial charge in [-0.1, -0.05) is 0 Å². The van der Waals surface area contributed by atoms with Gasteiger partial charge >= 0.3 is 228 Å². The van der Waals surface area contributed by atoms with Crippen molar-refractivity contribution < 1.29 is 19.2 Å². The third kappa shape index (κ3) is 4.93. The van der Waals surface area contributed by atoms with Crippen molar-refractivity contribution in [3.05, 3.63) is 125 Å². The van der Waals surface area contributed by atoms with E-state index in [2.05, 4.69) is 0 Å². The quantitative estimate of drug-likeness (QED) is 0.143. The number of Topliss-reactive ketones (excluding diaryl/α,β-unsaturated/α-hetero) is 1. The first-order valence-electron chi connectivity index (χ1n) is 12.7. The Labute approximate surface area is 228 Å². The summed E-state index contributed by atoms with van der Waals surface area (Å²) in [5, 5.41) is 13.7. The summed E-state index contributed by atoms with van der Waals surface area (Å²) in [6.45, 7) is -0.217. The minimum atomic E-state index is -4.07. The molecule has 0 aromatic heterocycles. The Bertz CT molecular complexity index is 1350. The number of rotatable bonds is 10. The predicted molar refractivity (Wildman–Crippen MR) is 157 cm³/mol. The fourth-order valence-electron chi connectivity index (χ4n) is 5.40. The van der Waals surface area contributed by atoms with Gasteiger partial charge in [0.15, 0.2) is 0 Å². The summed E-state index contributed by atoms with van der Waals surface area (Å²) in [5.41, 5.74) is -0.103. The van der Waals surface area contributed by atoms with Crippen molar-refractivity contribution in [2.75, 3.05) is 12.7 Å². The molecule has 0 N–H and O–H groups in total. The van der Waals surface area contributed by atoms with E-state index in [-0.39, 0.29) is 23.4 Å². The molecule has 4 aromatic carbocycles. The van der Waals surface area contributed by atoms with Crippen molar-refractivity contribution in [1.29, 1.82) is 0 Å². The van der Waals surface area contributed by atoms with Crippen LogP contribution >= 0.6 is 6.75 Å². The van der Waals surface area contributed by atoms with E-state index in [1.165, 1.54) is 24.3 Å². The number of amides is 1. The molecule has 0 bridgehead atoms. The van der Waals surface area contributed by atoms with Gasteiger partial charge < -0.3 is 0 Å². The van der Waals surface area contributed by atoms with Crippen molar-refractivity contribution in [2.45, 2.75) is 20.3 Å². The van der Waals surface area contributed by atoms with E-state index in [9.17, 15) is 19.7 Å². The Balaban J connectivity index is 2.08. The first kappa shape index (κ1) is 27.7. The van der Waals surface area contributed by atoms with Crippen LogP contribution in [-0.2, 0) is 4.79 Å². The average Bonchev–Trinajstić information content (AvgIpc) is 2.96. The van der Waals surface area contributed by atoms with E-state index in [0.29, 0.717) is 13.0 Å². The van der Waals surface area contributed by atoms with E-state index >= 15 is 0 Å².